The second-order valence-corrected chi connectivity index (χ2v) is 54.1. The summed E-state index contributed by atoms with van der Waals surface area (Å²) in [7, 11) is 4.39. The second-order valence-electron chi connectivity index (χ2n) is 54.1. The molecule has 6 aliphatic rings. The molecule has 6 fully saturated rings. The van der Waals surface area contributed by atoms with Crippen LogP contribution in [0.5, 0.6) is 0 Å². The lowest BCUT2D eigenvalue weighted by atomic mass is 9.83. The Morgan fingerprint density at radius 3 is 0.812 bits per heavy atom. The number of rotatable bonds is 25. The molecule has 0 radical (unpaired) electrons. The molecule has 9 aromatic carbocycles. The van der Waals surface area contributed by atoms with Crippen LogP contribution in [0.1, 0.15) is 442 Å². The van der Waals surface area contributed by atoms with Crippen molar-refractivity contribution >= 4 is 39.8 Å². The molecule has 15 rings (SSSR count). The van der Waals surface area contributed by atoms with Crippen LogP contribution in [0.4, 0.5) is 39.8 Å². The Labute approximate surface area is 917 Å². The van der Waals surface area contributed by atoms with E-state index in [9.17, 15) is 0 Å². The number of anilines is 7. The molecule has 2 aliphatic heterocycles. The summed E-state index contributed by atoms with van der Waals surface area (Å²) in [6.45, 7) is 77.9. The van der Waals surface area contributed by atoms with Gasteiger partial charge < -0.3 is 45.9 Å². The minimum atomic E-state index is 0.232. The highest BCUT2D eigenvalue weighted by atomic mass is 16.5. The molecular formula is C140H221N7O2. The van der Waals surface area contributed by atoms with Gasteiger partial charge in [-0.05, 0) is 321 Å². The Hall–Kier alpha value is -8.50. The molecule has 4 saturated carbocycles. The normalized spacial score (nSPS) is 16.7. The van der Waals surface area contributed by atoms with Crippen molar-refractivity contribution in [3.8, 4) is 0 Å². The summed E-state index contributed by atoms with van der Waals surface area (Å²) >= 11 is 0. The van der Waals surface area contributed by atoms with Crippen molar-refractivity contribution in [1.29, 1.82) is 0 Å². The Bertz CT molecular complexity index is 4810. The number of benzene rings is 9. The number of ether oxygens (including phenoxy) is 2. The average molecular weight is 2030 g/mol. The molecular weight excluding hydrogens is 1810 g/mol. The molecule has 149 heavy (non-hydrogen) atoms. The van der Waals surface area contributed by atoms with Crippen molar-refractivity contribution in [2.75, 3.05) is 116 Å². The maximum Gasteiger partial charge on any atom is 0.0511 e. The zero-order valence-corrected chi connectivity index (χ0v) is 102. The third-order valence-corrected chi connectivity index (χ3v) is 30.9. The minimum absolute atomic E-state index is 0.232. The lowest BCUT2D eigenvalue weighted by molar-refractivity contribution is 0.0550. The summed E-state index contributed by atoms with van der Waals surface area (Å²) < 4.78 is 11.0. The number of nitrogens with zero attached hydrogens (tertiary/aromatic N) is 2. The molecule has 2 heterocycles. The van der Waals surface area contributed by atoms with Gasteiger partial charge in [0.1, 0.15) is 0 Å². The zero-order valence-electron chi connectivity index (χ0n) is 102. The first kappa shape index (κ1) is 127. The molecule has 2 saturated heterocycles. The first-order valence-corrected chi connectivity index (χ1v) is 59.5. The smallest absolute Gasteiger partial charge is 0.0511 e. The van der Waals surface area contributed by atoms with Gasteiger partial charge in [0.2, 0.25) is 0 Å². The van der Waals surface area contributed by atoms with Gasteiger partial charge in [-0.2, -0.15) is 0 Å². The van der Waals surface area contributed by atoms with Crippen LogP contribution >= 0.6 is 0 Å². The summed E-state index contributed by atoms with van der Waals surface area (Å²) in [5.74, 6) is 4.14. The molecule has 2 unspecified atom stereocenters. The first-order valence-electron chi connectivity index (χ1n) is 59.5. The summed E-state index contributed by atoms with van der Waals surface area (Å²) in [6.07, 6.45) is 39.3. The molecule has 9 heteroatoms. The number of unbranched alkanes of at least 4 members (excludes halogenated alkanes) is 1. The van der Waals surface area contributed by atoms with E-state index in [0.717, 1.165) is 82.8 Å². The quantitative estimate of drug-likeness (QED) is 0.0359. The molecule has 0 spiro atoms. The molecule has 2 atom stereocenters. The molecule has 828 valence electrons. The van der Waals surface area contributed by atoms with Gasteiger partial charge in [-0.15, -0.1) is 0 Å². The van der Waals surface area contributed by atoms with Crippen molar-refractivity contribution in [2.45, 2.75) is 449 Å². The Kier molecular flexibility index (Phi) is 54.2. The molecule has 0 aromatic heterocycles. The van der Waals surface area contributed by atoms with Gasteiger partial charge in [0.25, 0.3) is 0 Å². The van der Waals surface area contributed by atoms with Crippen molar-refractivity contribution in [3.63, 3.8) is 0 Å². The fourth-order valence-electron chi connectivity index (χ4n) is 20.4. The fourth-order valence-corrected chi connectivity index (χ4v) is 20.4. The van der Waals surface area contributed by atoms with E-state index in [2.05, 4.69) is 477 Å². The van der Waals surface area contributed by atoms with Crippen LogP contribution < -0.4 is 36.4 Å². The minimum Gasteiger partial charge on any atom is -0.385 e. The first-order chi connectivity index (χ1) is 70.3. The predicted molar refractivity (Wildman–Crippen MR) is 662 cm³/mol. The maximum absolute atomic E-state index is 5.53. The molecule has 9 aromatic rings. The topological polar surface area (TPSA) is 85.1 Å². The standard InChI is InChI=1S/C18H29N.C17H27N.C17H26.C16H25NO.C16H24O.C15H23N.2C14H23N.C13H21N/c1-18(2,3)16-10-12-17(13-11-16)19(4)14-15-8-6-5-7-9-15;1-17(2,3)15-9-11-16(12-10-15)18-13-14-7-5-4-6-8-14;1-17(2,3)16-11-9-15(10-12-16)13-14-7-5-4-6-8-14;1-16(2,3)14-6-8-15(9-7-14)17-11-13-5-4-10-18-12-13;1-16(2,3)15-8-6-13(7-9-15)11-14-5-4-10-17-12-14;1-15(2,3)12-8-10-14(11-9-12)16-13-6-4-5-7-13;1-6-11-15(5)13-9-7-12(8-10-13)14(2,3)4;1-5-6-11-15-13-9-7-12(8-10-13)14(2,3)4;1-5-10-14-12-8-6-11(7-9-12)13(2,3)4/h10-13,15H,5-9,14H2,1-4H3;9-12,14,18H,4-8,13H2,1-3H3;9-12,14H,4-8,13H2,1-3H3;6-9,13,17H,4-5,10-12H2,1-3H3;6-9,14H,4-5,10-12H2,1-3H3;8-11,13,16H,4-7H2,1-3H3;7-10H,6,11H2,1-5H3;7-10,15H,5-6,11H2,1-4H3;6-9,14H,5,10H2,1-4H3. The predicted octanol–water partition coefficient (Wildman–Crippen LogP) is 39.0. The van der Waals surface area contributed by atoms with Crippen LogP contribution in [0.25, 0.3) is 0 Å². The summed E-state index contributed by atoms with van der Waals surface area (Å²) in [6, 6.07) is 81.4. The monoisotopic (exact) mass is 2030 g/mol. The van der Waals surface area contributed by atoms with Crippen molar-refractivity contribution < 1.29 is 9.47 Å². The van der Waals surface area contributed by atoms with Gasteiger partial charge in [-0.3, -0.25) is 0 Å². The van der Waals surface area contributed by atoms with E-state index in [4.69, 9.17) is 9.47 Å². The van der Waals surface area contributed by atoms with Gasteiger partial charge in [0.05, 0.1) is 6.61 Å². The van der Waals surface area contributed by atoms with Gasteiger partial charge in [-0.25, -0.2) is 0 Å². The summed E-state index contributed by atoms with van der Waals surface area (Å²) in [5.41, 5.74) is 26.8. The van der Waals surface area contributed by atoms with Gasteiger partial charge >= 0.3 is 0 Å². The number of nitrogens with one attached hydrogen (secondary N) is 5. The highest BCUT2D eigenvalue weighted by Gasteiger charge is 2.26. The van der Waals surface area contributed by atoms with Crippen molar-refractivity contribution in [2.24, 2.45) is 29.6 Å². The third kappa shape index (κ3) is 50.5. The number of hydrogen-bond acceptors (Lipinski definition) is 9. The highest BCUT2D eigenvalue weighted by Crippen LogP contribution is 2.37. The number of hydrogen-bond donors (Lipinski definition) is 5. The Morgan fingerprint density at radius 2 is 0.503 bits per heavy atom. The lowest BCUT2D eigenvalue weighted by Crippen LogP contribution is -2.26. The summed E-state index contributed by atoms with van der Waals surface area (Å²) in [4.78, 5) is 4.73. The fraction of sp³-hybridized carbons (Fsp3) is 0.614. The largest absolute Gasteiger partial charge is 0.385 e. The van der Waals surface area contributed by atoms with Crippen LogP contribution in [0.3, 0.4) is 0 Å². The van der Waals surface area contributed by atoms with Crippen LogP contribution in [0.2, 0.25) is 0 Å². The van der Waals surface area contributed by atoms with Gasteiger partial charge in [0, 0.05) is 119 Å². The van der Waals surface area contributed by atoms with E-state index >= 15 is 0 Å². The highest BCUT2D eigenvalue weighted by molar-refractivity contribution is 5.53. The van der Waals surface area contributed by atoms with Gasteiger partial charge in [0.15, 0.2) is 0 Å². The van der Waals surface area contributed by atoms with Crippen LogP contribution in [0.15, 0.2) is 218 Å². The van der Waals surface area contributed by atoms with E-state index in [1.807, 2.05) is 0 Å². The molecule has 0 bridgehead atoms. The van der Waals surface area contributed by atoms with E-state index in [0.29, 0.717) is 12.0 Å². The SMILES string of the molecule is CC(C)(C)c1ccc(CC2CCCCC2)cc1.CC(C)(C)c1ccc(CC2CCCOC2)cc1.CC(C)(C)c1ccc(NC2CCCC2)cc1.CC(C)(C)c1ccc(NCC2CCCCC2)cc1.CC(C)(C)c1ccc(NCC2CCCOC2)cc1.CCCCNc1ccc(C(C)(C)C)cc1.CCCN(C)c1ccc(C(C)(C)C)cc1.CCCNc1ccc(C(C)(C)C)cc1.CN(CC1CCCCC1)c1ccc(C(C)(C)C)cc1. The van der Waals surface area contributed by atoms with E-state index in [1.54, 1.807) is 0 Å². The van der Waals surface area contributed by atoms with E-state index in [1.165, 1.54) is 294 Å². The Balaban J connectivity index is 0.000000227. The zero-order chi connectivity index (χ0) is 109. The van der Waals surface area contributed by atoms with Crippen LogP contribution in [-0.4, -0.2) is 85.8 Å². The van der Waals surface area contributed by atoms with E-state index < -0.39 is 0 Å². The van der Waals surface area contributed by atoms with Crippen LogP contribution in [-0.2, 0) is 71.1 Å². The molecule has 0 amide bonds. The summed E-state index contributed by atoms with van der Waals surface area (Å²) in [5, 5.41) is 17.5. The molecule has 9 nitrogen and oxygen atoms in total. The van der Waals surface area contributed by atoms with Crippen LogP contribution in [0, 0.1) is 29.6 Å². The maximum atomic E-state index is 5.53. The third-order valence-electron chi connectivity index (χ3n) is 30.9. The van der Waals surface area contributed by atoms with E-state index in [-0.39, 0.29) is 48.7 Å². The van der Waals surface area contributed by atoms with Gasteiger partial charge in [-0.1, -0.05) is 431 Å². The van der Waals surface area contributed by atoms with Crippen molar-refractivity contribution in [3.05, 3.63) is 280 Å². The molecule has 4 aliphatic carbocycles. The average Bonchev–Trinajstić information content (AvgIpc) is 1.45. The Morgan fingerprint density at radius 1 is 0.242 bits per heavy atom. The van der Waals surface area contributed by atoms with Crippen molar-refractivity contribution in [1.82, 2.24) is 0 Å². The lowest BCUT2D eigenvalue weighted by Gasteiger charge is -2.29. The second kappa shape index (κ2) is 63.4. The molecule has 5 N–H and O–H groups in total.